The van der Waals surface area contributed by atoms with Gasteiger partial charge in [-0.1, -0.05) is 26.7 Å². The molecule has 1 atom stereocenters. The van der Waals surface area contributed by atoms with Gasteiger partial charge in [-0.2, -0.15) is 0 Å². The first kappa shape index (κ1) is 9.69. The average Bonchev–Trinajstić information content (AvgIpc) is 1.85. The molecule has 0 aliphatic carbocycles. The van der Waals surface area contributed by atoms with Crippen molar-refractivity contribution in [1.82, 2.24) is 3.53 Å². The first-order valence-corrected chi connectivity index (χ1v) is 4.72. The number of hydrogen-bond acceptors (Lipinski definition) is 1. The Labute approximate surface area is 72.1 Å². The van der Waals surface area contributed by atoms with Gasteiger partial charge < -0.3 is 0 Å². The van der Waals surface area contributed by atoms with Crippen LogP contribution in [0.3, 0.4) is 0 Å². The lowest BCUT2D eigenvalue weighted by Gasteiger charge is -2.07. The first-order valence-electron chi connectivity index (χ1n) is 3.64. The van der Waals surface area contributed by atoms with E-state index in [1.807, 2.05) is 0 Å². The van der Waals surface area contributed by atoms with Gasteiger partial charge >= 0.3 is 0 Å². The van der Waals surface area contributed by atoms with Crippen molar-refractivity contribution >= 4 is 22.9 Å². The number of hydrogen-bond donors (Lipinski definition) is 1. The Morgan fingerprint density at radius 2 is 2.22 bits per heavy atom. The highest BCUT2D eigenvalue weighted by molar-refractivity contribution is 14.1. The van der Waals surface area contributed by atoms with Crippen LogP contribution < -0.4 is 3.53 Å². The van der Waals surface area contributed by atoms with Crippen molar-refractivity contribution in [2.45, 2.75) is 33.1 Å². The molecule has 0 aliphatic heterocycles. The molecule has 0 saturated heterocycles. The second-order valence-electron chi connectivity index (χ2n) is 2.59. The van der Waals surface area contributed by atoms with Gasteiger partial charge in [0.15, 0.2) is 0 Å². The second-order valence-corrected chi connectivity index (χ2v) is 3.35. The molecule has 0 rings (SSSR count). The Balaban J connectivity index is 2.95. The molecule has 1 N–H and O–H groups in total. The van der Waals surface area contributed by atoms with Crippen LogP contribution in [0.25, 0.3) is 0 Å². The molecule has 0 amide bonds. The minimum Gasteiger partial charge on any atom is -0.261 e. The molecule has 1 unspecified atom stereocenters. The van der Waals surface area contributed by atoms with Crippen LogP contribution in [0.4, 0.5) is 0 Å². The molecule has 0 aliphatic rings. The first-order chi connectivity index (χ1) is 4.31. The summed E-state index contributed by atoms with van der Waals surface area (Å²) >= 11 is 2.20. The normalized spacial score (nSPS) is 13.7. The lowest BCUT2D eigenvalue weighted by atomic mass is 10.1. The third-order valence-corrected chi connectivity index (χ3v) is 1.92. The molecule has 0 saturated carbocycles. The van der Waals surface area contributed by atoms with Gasteiger partial charge in [0.25, 0.3) is 0 Å². The summed E-state index contributed by atoms with van der Waals surface area (Å²) in [5.41, 5.74) is 0. The number of rotatable bonds is 5. The highest BCUT2D eigenvalue weighted by Crippen LogP contribution is 2.05. The van der Waals surface area contributed by atoms with E-state index in [4.69, 9.17) is 0 Å². The Kier molecular flexibility index (Phi) is 7.33. The lowest BCUT2D eigenvalue weighted by molar-refractivity contribution is 0.509. The number of nitrogens with one attached hydrogen (secondary N) is 1. The summed E-state index contributed by atoms with van der Waals surface area (Å²) < 4.78 is 3.15. The van der Waals surface area contributed by atoms with E-state index >= 15 is 0 Å². The summed E-state index contributed by atoms with van der Waals surface area (Å²) in [5.74, 6) is 0.849. The molecule has 0 aromatic carbocycles. The molecule has 0 spiro atoms. The Bertz CT molecular complexity index is 56.9. The monoisotopic (exact) mass is 241 g/mol. The molecule has 0 radical (unpaired) electrons. The molecule has 0 aromatic heterocycles. The minimum absolute atomic E-state index is 0.849. The fourth-order valence-electron chi connectivity index (χ4n) is 0.786. The smallest absolute Gasteiger partial charge is 0.0169 e. The standard InChI is InChI=1S/C7H16IN/c1-3-4-5-7(2)6-9-8/h7,9H,3-6H2,1-2H3. The molecule has 56 valence electrons. The van der Waals surface area contributed by atoms with Gasteiger partial charge in [0.1, 0.15) is 0 Å². The fraction of sp³-hybridized carbons (Fsp3) is 1.00. The molecule has 0 bridgehead atoms. The fourth-order valence-corrected chi connectivity index (χ4v) is 1.54. The van der Waals surface area contributed by atoms with Crippen molar-refractivity contribution in [1.29, 1.82) is 0 Å². The van der Waals surface area contributed by atoms with E-state index in [2.05, 4.69) is 40.2 Å². The van der Waals surface area contributed by atoms with Crippen molar-refractivity contribution in [2.75, 3.05) is 6.54 Å². The van der Waals surface area contributed by atoms with Gasteiger partial charge in [-0.25, -0.2) is 0 Å². The molecule has 2 heteroatoms. The summed E-state index contributed by atoms with van der Waals surface area (Å²) in [7, 11) is 0. The van der Waals surface area contributed by atoms with Gasteiger partial charge in [0.2, 0.25) is 0 Å². The van der Waals surface area contributed by atoms with Crippen LogP contribution in [0.2, 0.25) is 0 Å². The van der Waals surface area contributed by atoms with Crippen molar-refractivity contribution in [3.63, 3.8) is 0 Å². The summed E-state index contributed by atoms with van der Waals surface area (Å²) in [4.78, 5) is 0. The molecule has 0 aromatic rings. The number of unbranched alkanes of at least 4 members (excludes halogenated alkanes) is 1. The van der Waals surface area contributed by atoms with Crippen LogP contribution in [-0.4, -0.2) is 6.54 Å². The van der Waals surface area contributed by atoms with Gasteiger partial charge in [-0.3, -0.25) is 3.53 Å². The maximum atomic E-state index is 3.15. The number of halogens is 1. The third kappa shape index (κ3) is 6.58. The topological polar surface area (TPSA) is 12.0 Å². The predicted molar refractivity (Wildman–Crippen MR) is 50.7 cm³/mol. The third-order valence-electron chi connectivity index (χ3n) is 1.48. The molecule has 1 nitrogen and oxygen atoms in total. The Morgan fingerprint density at radius 1 is 1.56 bits per heavy atom. The summed E-state index contributed by atoms with van der Waals surface area (Å²) in [6.45, 7) is 5.69. The zero-order valence-electron chi connectivity index (χ0n) is 6.28. The van der Waals surface area contributed by atoms with Gasteiger partial charge in [0.05, 0.1) is 0 Å². The highest BCUT2D eigenvalue weighted by atomic mass is 127. The largest absolute Gasteiger partial charge is 0.261 e. The van der Waals surface area contributed by atoms with Crippen LogP contribution >= 0.6 is 22.9 Å². The summed E-state index contributed by atoms with van der Waals surface area (Å²) in [6, 6.07) is 0. The van der Waals surface area contributed by atoms with E-state index in [0.29, 0.717) is 0 Å². The minimum atomic E-state index is 0.849. The quantitative estimate of drug-likeness (QED) is 0.576. The molecule has 0 fully saturated rings. The summed E-state index contributed by atoms with van der Waals surface area (Å²) in [5, 5.41) is 0. The van der Waals surface area contributed by atoms with Crippen LogP contribution in [0.5, 0.6) is 0 Å². The zero-order chi connectivity index (χ0) is 7.11. The molecular weight excluding hydrogens is 225 g/mol. The summed E-state index contributed by atoms with van der Waals surface area (Å²) in [6.07, 6.45) is 4.07. The van der Waals surface area contributed by atoms with E-state index in [9.17, 15) is 0 Å². The van der Waals surface area contributed by atoms with E-state index in [-0.39, 0.29) is 0 Å². The van der Waals surface area contributed by atoms with E-state index < -0.39 is 0 Å². The molecular formula is C7H16IN. The molecule has 9 heavy (non-hydrogen) atoms. The zero-order valence-corrected chi connectivity index (χ0v) is 8.44. The SMILES string of the molecule is CCCCC(C)CNI. The van der Waals surface area contributed by atoms with Crippen molar-refractivity contribution in [3.8, 4) is 0 Å². The average molecular weight is 241 g/mol. The molecule has 0 heterocycles. The maximum Gasteiger partial charge on any atom is 0.0169 e. The van der Waals surface area contributed by atoms with Crippen molar-refractivity contribution < 1.29 is 0 Å². The van der Waals surface area contributed by atoms with Crippen LogP contribution in [0, 0.1) is 5.92 Å². The predicted octanol–water partition coefficient (Wildman–Crippen LogP) is 2.75. The Morgan fingerprint density at radius 3 is 2.67 bits per heavy atom. The van der Waals surface area contributed by atoms with Crippen molar-refractivity contribution in [2.24, 2.45) is 5.92 Å². The van der Waals surface area contributed by atoms with Crippen LogP contribution in [0.15, 0.2) is 0 Å². The second kappa shape index (κ2) is 6.81. The highest BCUT2D eigenvalue weighted by Gasteiger charge is 1.97. The van der Waals surface area contributed by atoms with Gasteiger partial charge in [0, 0.05) is 29.4 Å². The lowest BCUT2D eigenvalue weighted by Crippen LogP contribution is -2.10. The van der Waals surface area contributed by atoms with E-state index in [1.54, 1.807) is 0 Å². The maximum absolute atomic E-state index is 3.15. The Hall–Kier alpha value is 0.690. The van der Waals surface area contributed by atoms with Crippen LogP contribution in [0.1, 0.15) is 33.1 Å². The van der Waals surface area contributed by atoms with Gasteiger partial charge in [-0.05, 0) is 12.3 Å². The van der Waals surface area contributed by atoms with Crippen molar-refractivity contribution in [3.05, 3.63) is 0 Å². The van der Waals surface area contributed by atoms with Crippen LogP contribution in [-0.2, 0) is 0 Å². The van der Waals surface area contributed by atoms with Gasteiger partial charge in [-0.15, -0.1) is 0 Å². The van der Waals surface area contributed by atoms with E-state index in [0.717, 1.165) is 12.5 Å². The van der Waals surface area contributed by atoms with E-state index in [1.165, 1.54) is 19.3 Å².